The van der Waals surface area contributed by atoms with Crippen LogP contribution < -0.4 is 5.32 Å². The number of aromatic nitrogens is 1. The fourth-order valence-corrected chi connectivity index (χ4v) is 4.17. The average molecular weight is 349 g/mol. The second-order valence-corrected chi connectivity index (χ2v) is 7.04. The van der Waals surface area contributed by atoms with E-state index in [1.54, 1.807) is 5.38 Å². The van der Waals surface area contributed by atoms with Crippen LogP contribution in [0, 0.1) is 18.3 Å². The second-order valence-electron chi connectivity index (χ2n) is 4.93. The molecule has 0 saturated carbocycles. The standard InChI is InChI=1S/C16H19N3O2S2/c1-5-11-10(4)23-16(12(11)7-17)19-14(20)13-8-22-15(18-13)9(3)21-6-2/h8-9H,5-6H2,1-4H3,(H,19,20). The quantitative estimate of drug-likeness (QED) is 0.844. The lowest BCUT2D eigenvalue weighted by Gasteiger charge is -2.07. The molecule has 0 aliphatic rings. The molecule has 2 aromatic rings. The number of carbonyl (C=O) groups excluding carboxylic acids is 1. The van der Waals surface area contributed by atoms with E-state index in [0.29, 0.717) is 22.9 Å². The predicted molar refractivity (Wildman–Crippen MR) is 93.3 cm³/mol. The Morgan fingerprint density at radius 3 is 2.87 bits per heavy atom. The molecular weight excluding hydrogens is 330 g/mol. The van der Waals surface area contributed by atoms with Gasteiger partial charge in [0.2, 0.25) is 0 Å². The van der Waals surface area contributed by atoms with Crippen LogP contribution in [0.4, 0.5) is 5.00 Å². The van der Waals surface area contributed by atoms with Crippen molar-refractivity contribution in [3.63, 3.8) is 0 Å². The van der Waals surface area contributed by atoms with Crippen molar-refractivity contribution in [2.24, 2.45) is 0 Å². The van der Waals surface area contributed by atoms with Gasteiger partial charge in [-0.25, -0.2) is 4.98 Å². The monoisotopic (exact) mass is 349 g/mol. The first-order valence-corrected chi connectivity index (χ1v) is 9.12. The normalized spacial score (nSPS) is 12.0. The van der Waals surface area contributed by atoms with E-state index in [1.807, 2.05) is 27.7 Å². The zero-order valence-electron chi connectivity index (χ0n) is 13.6. The molecule has 1 N–H and O–H groups in total. The Hall–Kier alpha value is -1.75. The Balaban J connectivity index is 2.19. The third kappa shape index (κ3) is 3.78. The number of nitrogens with one attached hydrogen (secondary N) is 1. The lowest BCUT2D eigenvalue weighted by atomic mass is 10.1. The van der Waals surface area contributed by atoms with Gasteiger partial charge in [-0.05, 0) is 32.8 Å². The molecule has 7 heteroatoms. The number of aryl methyl sites for hydroxylation is 1. The molecule has 0 radical (unpaired) electrons. The molecular formula is C16H19N3O2S2. The van der Waals surface area contributed by atoms with Crippen LogP contribution >= 0.6 is 22.7 Å². The molecule has 1 unspecified atom stereocenters. The first kappa shape index (κ1) is 17.6. The van der Waals surface area contributed by atoms with Gasteiger partial charge in [-0.1, -0.05) is 6.92 Å². The maximum absolute atomic E-state index is 12.4. The minimum Gasteiger partial charge on any atom is -0.372 e. The molecule has 0 aromatic carbocycles. The number of hydrogen-bond donors (Lipinski definition) is 1. The van der Waals surface area contributed by atoms with Crippen LogP contribution in [0.15, 0.2) is 5.38 Å². The fraction of sp³-hybridized carbons (Fsp3) is 0.438. The first-order chi connectivity index (χ1) is 11.0. The van der Waals surface area contributed by atoms with Gasteiger partial charge < -0.3 is 10.1 Å². The lowest BCUT2D eigenvalue weighted by Crippen LogP contribution is -2.12. The van der Waals surface area contributed by atoms with Crippen LogP contribution in [-0.2, 0) is 11.2 Å². The predicted octanol–water partition coefficient (Wildman–Crippen LogP) is 4.30. The number of hydrogen-bond acceptors (Lipinski definition) is 6. The molecule has 0 spiro atoms. The van der Waals surface area contributed by atoms with Crippen molar-refractivity contribution in [3.05, 3.63) is 32.1 Å². The number of carbonyl (C=O) groups is 1. The van der Waals surface area contributed by atoms with Gasteiger partial charge in [0.25, 0.3) is 5.91 Å². The summed E-state index contributed by atoms with van der Waals surface area (Å²) in [4.78, 5) is 17.8. The van der Waals surface area contributed by atoms with E-state index in [2.05, 4.69) is 16.4 Å². The van der Waals surface area contributed by atoms with Crippen molar-refractivity contribution >= 4 is 33.6 Å². The van der Waals surface area contributed by atoms with Crippen molar-refractivity contribution in [2.45, 2.75) is 40.2 Å². The van der Waals surface area contributed by atoms with Crippen molar-refractivity contribution in [1.29, 1.82) is 5.26 Å². The van der Waals surface area contributed by atoms with Crippen molar-refractivity contribution < 1.29 is 9.53 Å². The van der Waals surface area contributed by atoms with Crippen molar-refractivity contribution in [3.8, 4) is 6.07 Å². The van der Waals surface area contributed by atoms with Gasteiger partial charge >= 0.3 is 0 Å². The van der Waals surface area contributed by atoms with Crippen LogP contribution in [0.1, 0.15) is 58.4 Å². The summed E-state index contributed by atoms with van der Waals surface area (Å²) < 4.78 is 5.48. The Labute approximate surface area is 143 Å². The van der Waals surface area contributed by atoms with Crippen molar-refractivity contribution in [1.82, 2.24) is 4.98 Å². The molecule has 2 rings (SSSR count). The first-order valence-electron chi connectivity index (χ1n) is 7.42. The maximum atomic E-state index is 12.4. The van der Waals surface area contributed by atoms with E-state index in [-0.39, 0.29) is 12.0 Å². The zero-order chi connectivity index (χ0) is 17.0. The molecule has 122 valence electrons. The third-order valence-electron chi connectivity index (χ3n) is 3.42. The molecule has 0 aliphatic carbocycles. The number of thiophene rings is 1. The summed E-state index contributed by atoms with van der Waals surface area (Å²) >= 11 is 2.83. The third-order valence-corrected chi connectivity index (χ3v) is 5.49. The van der Waals surface area contributed by atoms with E-state index in [9.17, 15) is 10.1 Å². The number of nitriles is 1. The SMILES string of the molecule is CCOC(C)c1nc(C(=O)Nc2sc(C)c(CC)c2C#N)cs1. The highest BCUT2D eigenvalue weighted by molar-refractivity contribution is 7.16. The Morgan fingerprint density at radius 2 is 2.26 bits per heavy atom. The van der Waals surface area contributed by atoms with Crippen LogP contribution in [0.5, 0.6) is 0 Å². The molecule has 1 amide bonds. The van der Waals surface area contributed by atoms with Gasteiger partial charge in [0.1, 0.15) is 27.9 Å². The summed E-state index contributed by atoms with van der Waals surface area (Å²) in [7, 11) is 0. The smallest absolute Gasteiger partial charge is 0.275 e. The largest absolute Gasteiger partial charge is 0.372 e. The number of thiazole rings is 1. The van der Waals surface area contributed by atoms with Crippen LogP contribution in [0.25, 0.3) is 0 Å². The van der Waals surface area contributed by atoms with E-state index in [4.69, 9.17) is 4.74 Å². The van der Waals surface area contributed by atoms with E-state index in [1.165, 1.54) is 22.7 Å². The number of ether oxygens (including phenoxy) is 1. The molecule has 0 fully saturated rings. The van der Waals surface area contributed by atoms with Gasteiger partial charge in [0, 0.05) is 16.9 Å². The molecule has 0 saturated heterocycles. The minimum atomic E-state index is -0.295. The van der Waals surface area contributed by atoms with Gasteiger partial charge in [-0.3, -0.25) is 4.79 Å². The number of anilines is 1. The van der Waals surface area contributed by atoms with Gasteiger partial charge in [0.15, 0.2) is 0 Å². The molecule has 0 bridgehead atoms. The molecule has 1 atom stereocenters. The maximum Gasteiger partial charge on any atom is 0.275 e. The molecule has 23 heavy (non-hydrogen) atoms. The average Bonchev–Trinajstić information content (AvgIpc) is 3.11. The summed E-state index contributed by atoms with van der Waals surface area (Å²) in [5.74, 6) is -0.295. The number of rotatable bonds is 6. The van der Waals surface area contributed by atoms with Crippen LogP contribution in [-0.4, -0.2) is 17.5 Å². The zero-order valence-corrected chi connectivity index (χ0v) is 15.2. The number of amides is 1. The topological polar surface area (TPSA) is 75.0 Å². The molecule has 2 heterocycles. The van der Waals surface area contributed by atoms with E-state index >= 15 is 0 Å². The van der Waals surface area contributed by atoms with E-state index in [0.717, 1.165) is 21.9 Å². The Bertz CT molecular complexity index is 743. The Morgan fingerprint density at radius 1 is 1.52 bits per heavy atom. The van der Waals surface area contributed by atoms with Gasteiger partial charge in [-0.15, -0.1) is 22.7 Å². The number of nitrogens with zero attached hydrogens (tertiary/aromatic N) is 2. The summed E-state index contributed by atoms with van der Waals surface area (Å²) in [6.45, 7) is 8.40. The minimum absolute atomic E-state index is 0.128. The summed E-state index contributed by atoms with van der Waals surface area (Å²) in [5.41, 5.74) is 1.91. The summed E-state index contributed by atoms with van der Waals surface area (Å²) in [6.07, 6.45) is 0.644. The van der Waals surface area contributed by atoms with Crippen LogP contribution in [0.2, 0.25) is 0 Å². The van der Waals surface area contributed by atoms with Gasteiger partial charge in [0.05, 0.1) is 5.56 Å². The highest BCUT2D eigenvalue weighted by Gasteiger charge is 2.19. The van der Waals surface area contributed by atoms with Crippen LogP contribution in [0.3, 0.4) is 0 Å². The van der Waals surface area contributed by atoms with E-state index < -0.39 is 0 Å². The Kier molecular flexibility index (Phi) is 5.88. The fourth-order valence-electron chi connectivity index (χ4n) is 2.28. The molecule has 2 aromatic heterocycles. The highest BCUT2D eigenvalue weighted by atomic mass is 32.1. The highest BCUT2D eigenvalue weighted by Crippen LogP contribution is 2.33. The lowest BCUT2D eigenvalue weighted by molar-refractivity contribution is 0.0760. The summed E-state index contributed by atoms with van der Waals surface area (Å²) in [6, 6.07) is 2.19. The van der Waals surface area contributed by atoms with Gasteiger partial charge in [-0.2, -0.15) is 5.26 Å². The molecule has 5 nitrogen and oxygen atoms in total. The molecule has 0 aliphatic heterocycles. The van der Waals surface area contributed by atoms with Crippen molar-refractivity contribution in [2.75, 3.05) is 11.9 Å². The second kappa shape index (κ2) is 7.68. The summed E-state index contributed by atoms with van der Waals surface area (Å²) in [5, 5.41) is 15.2.